The molecule has 0 radical (unpaired) electrons. The van der Waals surface area contributed by atoms with Gasteiger partial charge in [-0.3, -0.25) is 4.79 Å². The number of hydrogen-bond acceptors (Lipinski definition) is 5. The van der Waals surface area contributed by atoms with Gasteiger partial charge in [0.25, 0.3) is 0 Å². The number of nitrogens with one attached hydrogen (secondary N) is 1. The molecule has 1 amide bonds. The predicted octanol–water partition coefficient (Wildman–Crippen LogP) is 5.07. The largest absolute Gasteiger partial charge is 0.324 e. The van der Waals surface area contributed by atoms with Crippen LogP contribution in [0.3, 0.4) is 0 Å². The number of halogens is 1. The van der Waals surface area contributed by atoms with Crippen LogP contribution in [0.25, 0.3) is 11.3 Å². The summed E-state index contributed by atoms with van der Waals surface area (Å²) in [7, 11) is 0. The number of carbonyl (C=O) groups is 1. The molecule has 4 nitrogen and oxygen atoms in total. The third kappa shape index (κ3) is 4.60. The number of thioether (sulfide) groups is 1. The smallest absolute Gasteiger partial charge is 0.234 e. The Kier molecular flexibility index (Phi) is 5.71. The van der Waals surface area contributed by atoms with Gasteiger partial charge in [-0.25, -0.2) is 4.98 Å². The van der Waals surface area contributed by atoms with Crippen molar-refractivity contribution in [2.45, 2.75) is 4.34 Å². The average molecular weight is 386 g/mol. The van der Waals surface area contributed by atoms with Gasteiger partial charge in [0.2, 0.25) is 5.91 Å². The summed E-state index contributed by atoms with van der Waals surface area (Å²) in [5.41, 5.74) is 2.75. The number of hydrogen-bond donors (Lipinski definition) is 1. The molecule has 0 aliphatic heterocycles. The molecule has 3 aromatic rings. The molecule has 1 aromatic heterocycles. The zero-order valence-electron chi connectivity index (χ0n) is 12.9. The Balaban J connectivity index is 1.61. The van der Waals surface area contributed by atoms with Gasteiger partial charge in [0.1, 0.15) is 6.07 Å². The minimum Gasteiger partial charge on any atom is -0.324 e. The van der Waals surface area contributed by atoms with Crippen molar-refractivity contribution in [3.8, 4) is 17.3 Å². The number of thiazole rings is 1. The second-order valence-electron chi connectivity index (χ2n) is 5.00. The number of carbonyl (C=O) groups excluding carboxylic acids is 1. The van der Waals surface area contributed by atoms with Crippen molar-refractivity contribution in [1.29, 1.82) is 5.26 Å². The molecule has 3 rings (SSSR count). The molecule has 25 heavy (non-hydrogen) atoms. The monoisotopic (exact) mass is 385 g/mol. The van der Waals surface area contributed by atoms with Gasteiger partial charge in [-0.15, -0.1) is 11.3 Å². The molecular formula is C18H12ClN3OS2. The van der Waals surface area contributed by atoms with Crippen LogP contribution in [0.1, 0.15) is 5.56 Å². The Morgan fingerprint density at radius 3 is 2.84 bits per heavy atom. The second kappa shape index (κ2) is 8.17. The minimum absolute atomic E-state index is 0.207. The van der Waals surface area contributed by atoms with Gasteiger partial charge < -0.3 is 5.32 Å². The lowest BCUT2D eigenvalue weighted by Gasteiger charge is -2.06. The van der Waals surface area contributed by atoms with Crippen molar-refractivity contribution in [3.63, 3.8) is 0 Å². The normalized spacial score (nSPS) is 10.2. The van der Waals surface area contributed by atoms with E-state index in [1.54, 1.807) is 18.2 Å². The Morgan fingerprint density at radius 1 is 1.28 bits per heavy atom. The fourth-order valence-electron chi connectivity index (χ4n) is 2.10. The van der Waals surface area contributed by atoms with E-state index in [1.165, 1.54) is 23.1 Å². The molecule has 0 spiro atoms. The first kappa shape index (κ1) is 17.5. The van der Waals surface area contributed by atoms with Crippen LogP contribution in [0, 0.1) is 11.3 Å². The van der Waals surface area contributed by atoms with Crippen molar-refractivity contribution in [3.05, 3.63) is 64.5 Å². The number of nitriles is 1. The lowest BCUT2D eigenvalue weighted by Crippen LogP contribution is -2.14. The fourth-order valence-corrected chi connectivity index (χ4v) is 3.90. The molecule has 0 saturated carbocycles. The van der Waals surface area contributed by atoms with E-state index in [4.69, 9.17) is 16.9 Å². The zero-order chi connectivity index (χ0) is 17.6. The average Bonchev–Trinajstić information content (AvgIpc) is 3.10. The molecule has 0 fully saturated rings. The highest BCUT2D eigenvalue weighted by Gasteiger charge is 2.10. The third-order valence-corrected chi connectivity index (χ3v) is 5.51. The first-order chi connectivity index (χ1) is 12.2. The first-order valence-electron chi connectivity index (χ1n) is 7.29. The Bertz CT molecular complexity index is 935. The Morgan fingerprint density at radius 2 is 2.08 bits per heavy atom. The van der Waals surface area contributed by atoms with Crippen LogP contribution >= 0.6 is 34.7 Å². The van der Waals surface area contributed by atoms with Gasteiger partial charge in [0.15, 0.2) is 4.34 Å². The van der Waals surface area contributed by atoms with Crippen molar-refractivity contribution in [1.82, 2.24) is 4.98 Å². The van der Waals surface area contributed by atoms with E-state index in [-0.39, 0.29) is 11.7 Å². The zero-order valence-corrected chi connectivity index (χ0v) is 15.3. The Hall–Kier alpha value is -2.33. The summed E-state index contributed by atoms with van der Waals surface area (Å²) in [6.45, 7) is 0. The van der Waals surface area contributed by atoms with Crippen LogP contribution in [0.4, 0.5) is 5.69 Å². The summed E-state index contributed by atoms with van der Waals surface area (Å²) < 4.78 is 0.820. The summed E-state index contributed by atoms with van der Waals surface area (Å²) >= 11 is 8.78. The fraction of sp³-hybridized carbons (Fsp3) is 0.0556. The highest BCUT2D eigenvalue weighted by Crippen LogP contribution is 2.28. The van der Waals surface area contributed by atoms with E-state index in [2.05, 4.69) is 10.3 Å². The first-order valence-corrected chi connectivity index (χ1v) is 9.53. The summed E-state index contributed by atoms with van der Waals surface area (Å²) in [5.74, 6) is -0.000657. The van der Waals surface area contributed by atoms with Gasteiger partial charge in [-0.05, 0) is 18.2 Å². The molecule has 1 heterocycles. The van der Waals surface area contributed by atoms with Gasteiger partial charge in [0.05, 0.1) is 22.7 Å². The predicted molar refractivity (Wildman–Crippen MR) is 103 cm³/mol. The highest BCUT2D eigenvalue weighted by molar-refractivity contribution is 8.01. The minimum atomic E-state index is -0.208. The number of amides is 1. The maximum Gasteiger partial charge on any atom is 0.234 e. The van der Waals surface area contributed by atoms with Gasteiger partial charge in [-0.2, -0.15) is 5.26 Å². The summed E-state index contributed by atoms with van der Waals surface area (Å²) in [5, 5.41) is 14.2. The van der Waals surface area contributed by atoms with E-state index in [0.29, 0.717) is 16.3 Å². The van der Waals surface area contributed by atoms with E-state index in [0.717, 1.165) is 15.6 Å². The quantitative estimate of drug-likeness (QED) is 0.623. The number of anilines is 1. The van der Waals surface area contributed by atoms with Crippen molar-refractivity contribution < 1.29 is 4.79 Å². The van der Waals surface area contributed by atoms with Crippen LogP contribution in [0.2, 0.25) is 5.02 Å². The van der Waals surface area contributed by atoms with Gasteiger partial charge in [0, 0.05) is 16.0 Å². The lowest BCUT2D eigenvalue weighted by molar-refractivity contribution is -0.113. The summed E-state index contributed by atoms with van der Waals surface area (Å²) in [6.07, 6.45) is 0. The van der Waals surface area contributed by atoms with Gasteiger partial charge >= 0.3 is 0 Å². The topological polar surface area (TPSA) is 65.8 Å². The molecule has 0 aliphatic rings. The number of rotatable bonds is 5. The van der Waals surface area contributed by atoms with Crippen LogP contribution in [-0.4, -0.2) is 16.6 Å². The number of aromatic nitrogens is 1. The molecule has 0 unspecified atom stereocenters. The number of nitrogens with zero attached hydrogens (tertiary/aromatic N) is 2. The molecule has 0 saturated heterocycles. The van der Waals surface area contributed by atoms with Crippen LogP contribution in [0.15, 0.2) is 58.3 Å². The van der Waals surface area contributed by atoms with E-state index in [9.17, 15) is 4.79 Å². The van der Waals surface area contributed by atoms with Crippen molar-refractivity contribution in [2.24, 2.45) is 0 Å². The molecule has 7 heteroatoms. The lowest BCUT2D eigenvalue weighted by atomic mass is 10.2. The number of benzene rings is 2. The molecule has 0 bridgehead atoms. The maximum absolute atomic E-state index is 12.1. The molecule has 1 N–H and O–H groups in total. The van der Waals surface area contributed by atoms with Crippen molar-refractivity contribution in [2.75, 3.05) is 11.1 Å². The van der Waals surface area contributed by atoms with Gasteiger partial charge in [-0.1, -0.05) is 53.7 Å². The maximum atomic E-state index is 12.1. The van der Waals surface area contributed by atoms with E-state index in [1.807, 2.05) is 41.8 Å². The standard InChI is InChI=1S/C18H12ClN3OS2/c19-14-7-6-13(9-20)15(8-14)21-17(23)11-25-18-22-16(10-24-18)12-4-2-1-3-5-12/h1-8,10H,11H2,(H,21,23). The summed E-state index contributed by atoms with van der Waals surface area (Å²) in [6, 6.07) is 16.7. The molecule has 2 aromatic carbocycles. The molecule has 124 valence electrons. The second-order valence-corrected chi connectivity index (χ2v) is 7.52. The Labute approximate surface area is 158 Å². The van der Waals surface area contributed by atoms with E-state index < -0.39 is 0 Å². The third-order valence-electron chi connectivity index (χ3n) is 3.26. The van der Waals surface area contributed by atoms with Crippen molar-refractivity contribution >= 4 is 46.3 Å². The van der Waals surface area contributed by atoms with Crippen LogP contribution in [-0.2, 0) is 4.79 Å². The summed E-state index contributed by atoms with van der Waals surface area (Å²) in [4.78, 5) is 16.7. The SMILES string of the molecule is N#Cc1ccc(Cl)cc1NC(=O)CSc1nc(-c2ccccc2)cs1. The highest BCUT2D eigenvalue weighted by atomic mass is 35.5. The molecule has 0 atom stereocenters. The van der Waals surface area contributed by atoms with Crippen LogP contribution in [0.5, 0.6) is 0 Å². The van der Waals surface area contributed by atoms with E-state index >= 15 is 0 Å². The van der Waals surface area contributed by atoms with Crippen LogP contribution < -0.4 is 5.32 Å². The molecule has 0 aliphatic carbocycles. The molecular weight excluding hydrogens is 374 g/mol.